The molecule has 12 rings (SSSR count). The third-order valence-corrected chi connectivity index (χ3v) is 12.8. The van der Waals surface area contributed by atoms with Crippen molar-refractivity contribution in [2.24, 2.45) is 0 Å². The molecule has 63 heavy (non-hydrogen) atoms. The van der Waals surface area contributed by atoms with Crippen molar-refractivity contribution in [3.05, 3.63) is 249 Å². The van der Waals surface area contributed by atoms with Crippen LogP contribution in [-0.4, -0.2) is 0 Å². The quantitative estimate of drug-likeness (QED) is 0.145. The summed E-state index contributed by atoms with van der Waals surface area (Å²) < 4.78 is 0. The average Bonchev–Trinajstić information content (AvgIpc) is 3.36. The summed E-state index contributed by atoms with van der Waals surface area (Å²) in [6.45, 7) is 0. The predicted octanol–water partition coefficient (Wildman–Crippen LogP) is 17.6. The molecule has 294 valence electrons. The fourth-order valence-corrected chi connectivity index (χ4v) is 9.80. The van der Waals surface area contributed by atoms with Gasteiger partial charge in [0.15, 0.2) is 0 Å². The maximum Gasteiger partial charge on any atom is 0.0546 e. The van der Waals surface area contributed by atoms with E-state index in [0.29, 0.717) is 0 Å². The van der Waals surface area contributed by atoms with E-state index in [1.807, 2.05) is 0 Å². The van der Waals surface area contributed by atoms with Crippen molar-refractivity contribution < 1.29 is 0 Å². The molecule has 0 N–H and O–H groups in total. The number of nitrogens with zero attached hydrogens (tertiary/aromatic N) is 1. The first kappa shape index (κ1) is 36.6. The maximum atomic E-state index is 2.46. The van der Waals surface area contributed by atoms with Gasteiger partial charge in [0.1, 0.15) is 0 Å². The first-order valence-electron chi connectivity index (χ1n) is 21.7. The third kappa shape index (κ3) is 6.42. The molecule has 0 saturated carbocycles. The van der Waals surface area contributed by atoms with Crippen LogP contribution in [0.4, 0.5) is 17.1 Å². The molecule has 12 aromatic carbocycles. The second-order valence-electron chi connectivity index (χ2n) is 16.4. The third-order valence-electron chi connectivity index (χ3n) is 12.8. The Morgan fingerprint density at radius 1 is 0.222 bits per heavy atom. The van der Waals surface area contributed by atoms with Crippen LogP contribution in [0.3, 0.4) is 0 Å². The molecule has 0 aliphatic carbocycles. The van der Waals surface area contributed by atoms with Crippen LogP contribution in [-0.2, 0) is 0 Å². The van der Waals surface area contributed by atoms with Crippen LogP contribution >= 0.6 is 0 Å². The summed E-state index contributed by atoms with van der Waals surface area (Å²) in [5.41, 5.74) is 12.8. The Hall–Kier alpha value is -8.26. The van der Waals surface area contributed by atoms with Gasteiger partial charge in [-0.1, -0.05) is 200 Å². The van der Waals surface area contributed by atoms with Crippen molar-refractivity contribution in [1.29, 1.82) is 0 Å². The smallest absolute Gasteiger partial charge is 0.0546 e. The van der Waals surface area contributed by atoms with Crippen molar-refractivity contribution in [1.82, 2.24) is 0 Å². The molecule has 0 spiro atoms. The number of hydrogen-bond donors (Lipinski definition) is 0. The molecule has 0 aromatic heterocycles. The molecule has 12 aromatic rings. The number of benzene rings is 12. The lowest BCUT2D eigenvalue weighted by atomic mass is 9.85. The zero-order chi connectivity index (χ0) is 41.7. The van der Waals surface area contributed by atoms with Crippen LogP contribution in [0.2, 0.25) is 0 Å². The highest BCUT2D eigenvalue weighted by Gasteiger charge is 2.24. The molecule has 1 nitrogen and oxygen atoms in total. The Labute approximate surface area is 367 Å². The Morgan fingerprint density at radius 3 is 1.29 bits per heavy atom. The number of fused-ring (bicyclic) bond motifs is 7. The van der Waals surface area contributed by atoms with Gasteiger partial charge in [-0.25, -0.2) is 0 Å². The molecule has 1 heteroatoms. The highest BCUT2D eigenvalue weighted by atomic mass is 15.1. The first-order valence-corrected chi connectivity index (χ1v) is 21.7. The normalized spacial score (nSPS) is 11.5. The van der Waals surface area contributed by atoms with Gasteiger partial charge in [0.2, 0.25) is 0 Å². The van der Waals surface area contributed by atoms with E-state index < -0.39 is 0 Å². The molecule has 0 fully saturated rings. The minimum Gasteiger partial charge on any atom is -0.310 e. The van der Waals surface area contributed by atoms with E-state index in [9.17, 15) is 0 Å². The van der Waals surface area contributed by atoms with Gasteiger partial charge in [-0.3, -0.25) is 0 Å². The van der Waals surface area contributed by atoms with Gasteiger partial charge in [-0.15, -0.1) is 0 Å². The van der Waals surface area contributed by atoms with Crippen molar-refractivity contribution in [3.8, 4) is 44.5 Å². The highest BCUT2D eigenvalue weighted by Crippen LogP contribution is 2.50. The monoisotopic (exact) mass is 799 g/mol. The van der Waals surface area contributed by atoms with E-state index >= 15 is 0 Å². The molecule has 0 radical (unpaired) electrons. The molecule has 0 bridgehead atoms. The van der Waals surface area contributed by atoms with Crippen LogP contribution in [0, 0.1) is 0 Å². The van der Waals surface area contributed by atoms with Crippen LogP contribution in [0.25, 0.3) is 98.4 Å². The Morgan fingerprint density at radius 2 is 0.667 bits per heavy atom. The molecule has 0 aliphatic heterocycles. The van der Waals surface area contributed by atoms with Gasteiger partial charge in [-0.2, -0.15) is 0 Å². The second-order valence-corrected chi connectivity index (χ2v) is 16.4. The van der Waals surface area contributed by atoms with Crippen LogP contribution in [0.5, 0.6) is 0 Å². The van der Waals surface area contributed by atoms with E-state index in [4.69, 9.17) is 0 Å². The van der Waals surface area contributed by atoms with E-state index in [-0.39, 0.29) is 0 Å². The lowest BCUT2D eigenvalue weighted by Crippen LogP contribution is -2.12. The molecule has 0 aliphatic rings. The summed E-state index contributed by atoms with van der Waals surface area (Å²) in [5.74, 6) is 0. The molecular formula is C62H41N. The van der Waals surface area contributed by atoms with Crippen molar-refractivity contribution >= 4 is 70.9 Å². The van der Waals surface area contributed by atoms with E-state index in [1.54, 1.807) is 0 Å². The molecule has 0 saturated heterocycles. The molecular weight excluding hydrogens is 759 g/mol. The number of hydrogen-bond acceptors (Lipinski definition) is 1. The lowest BCUT2D eigenvalue weighted by molar-refractivity contribution is 1.28. The summed E-state index contributed by atoms with van der Waals surface area (Å²) in [5, 5.41) is 12.4. The highest BCUT2D eigenvalue weighted by molar-refractivity contribution is 6.19. The van der Waals surface area contributed by atoms with Gasteiger partial charge in [0, 0.05) is 16.9 Å². The first-order chi connectivity index (χ1) is 31.2. The van der Waals surface area contributed by atoms with E-state index in [0.717, 1.165) is 17.1 Å². The fourth-order valence-electron chi connectivity index (χ4n) is 9.80. The van der Waals surface area contributed by atoms with Crippen molar-refractivity contribution in [2.45, 2.75) is 0 Å². The van der Waals surface area contributed by atoms with Gasteiger partial charge in [0.25, 0.3) is 0 Å². The Bertz CT molecular complexity index is 3660. The van der Waals surface area contributed by atoms with Gasteiger partial charge < -0.3 is 4.90 Å². The van der Waals surface area contributed by atoms with Crippen molar-refractivity contribution in [2.75, 3.05) is 4.90 Å². The summed E-state index contributed by atoms with van der Waals surface area (Å²) in [6.07, 6.45) is 0. The number of rotatable bonds is 7. The topological polar surface area (TPSA) is 3.24 Å². The Kier molecular flexibility index (Phi) is 8.90. The molecule has 0 atom stereocenters. The van der Waals surface area contributed by atoms with E-state index in [1.165, 1.54) is 98.4 Å². The zero-order valence-electron chi connectivity index (χ0n) is 34.6. The van der Waals surface area contributed by atoms with Crippen molar-refractivity contribution in [3.63, 3.8) is 0 Å². The Balaban J connectivity index is 1.15. The predicted molar refractivity (Wildman–Crippen MR) is 270 cm³/mol. The minimum atomic E-state index is 1.08. The zero-order valence-corrected chi connectivity index (χ0v) is 34.6. The van der Waals surface area contributed by atoms with Gasteiger partial charge in [0.05, 0.1) is 5.69 Å². The molecule has 0 amide bonds. The standard InChI is InChI=1S/C62H41N/c1-2-15-42(16-3-1)44-31-35-50(36-32-44)63(51-37-33-45(34-38-51)47-30-29-43-17-4-5-18-46(43)39-47)61-28-14-27-58(59-40-48-19-6-8-21-52(48)54-23-10-12-25-56(54)59)62(61)60-41-49-20-7-9-22-53(49)55-24-11-13-26-57(55)60/h1-41H. The average molecular weight is 800 g/mol. The van der Waals surface area contributed by atoms with Gasteiger partial charge >= 0.3 is 0 Å². The van der Waals surface area contributed by atoms with E-state index in [2.05, 4.69) is 254 Å². The van der Waals surface area contributed by atoms with Gasteiger partial charge in [-0.05, 0) is 141 Å². The summed E-state index contributed by atoms with van der Waals surface area (Å²) in [7, 11) is 0. The maximum absolute atomic E-state index is 2.46. The fraction of sp³-hybridized carbons (Fsp3) is 0. The summed E-state index contributed by atoms with van der Waals surface area (Å²) in [4.78, 5) is 2.46. The second kappa shape index (κ2) is 15.3. The lowest BCUT2D eigenvalue weighted by Gasteiger charge is -2.30. The van der Waals surface area contributed by atoms with Crippen LogP contribution in [0.15, 0.2) is 249 Å². The molecule has 0 heterocycles. The molecule has 0 unspecified atom stereocenters. The summed E-state index contributed by atoms with van der Waals surface area (Å²) >= 11 is 0. The largest absolute Gasteiger partial charge is 0.310 e. The number of anilines is 3. The van der Waals surface area contributed by atoms with Crippen LogP contribution in [0.1, 0.15) is 0 Å². The summed E-state index contributed by atoms with van der Waals surface area (Å²) in [6, 6.07) is 91.3. The minimum absolute atomic E-state index is 1.08. The SMILES string of the molecule is c1ccc(-c2ccc(N(c3ccc(-c4ccc5ccccc5c4)cc3)c3cccc(-c4cc5ccccc5c5ccccc45)c3-c3cc4ccccc4c4ccccc34)cc2)cc1. The van der Waals surface area contributed by atoms with Crippen LogP contribution < -0.4 is 4.90 Å².